The van der Waals surface area contributed by atoms with Crippen LogP contribution in [0.25, 0.3) is 0 Å². The number of benzene rings is 2. The molecule has 5 heteroatoms. The Bertz CT molecular complexity index is 821. The minimum atomic E-state index is 0.539. The van der Waals surface area contributed by atoms with Crippen LogP contribution in [0.3, 0.4) is 0 Å². The number of methoxy groups -OCH3 is 1. The van der Waals surface area contributed by atoms with Gasteiger partial charge in [-0.15, -0.1) is 0 Å². The van der Waals surface area contributed by atoms with Gasteiger partial charge in [0.1, 0.15) is 11.6 Å². The van der Waals surface area contributed by atoms with Crippen molar-refractivity contribution in [2.24, 2.45) is 0 Å². The molecule has 1 aromatic heterocycles. The van der Waals surface area contributed by atoms with E-state index in [9.17, 15) is 0 Å². The van der Waals surface area contributed by atoms with Gasteiger partial charge in [0.25, 0.3) is 0 Å². The standard InChI is InChI=1S/C19H20N4O/c1-14-13-18(23(2)15-9-5-4-6-10-15)22-19(20-14)21-16-11-7-8-12-17(16)24-3/h4-13H,1-3H3,(H,20,21,22). The molecule has 0 amide bonds. The van der Waals surface area contributed by atoms with Crippen molar-refractivity contribution in [1.29, 1.82) is 0 Å². The highest BCUT2D eigenvalue weighted by molar-refractivity contribution is 5.65. The molecule has 0 saturated heterocycles. The molecule has 0 saturated carbocycles. The molecule has 0 unspecified atom stereocenters. The van der Waals surface area contributed by atoms with Crippen molar-refractivity contribution in [1.82, 2.24) is 9.97 Å². The number of hydrogen-bond donors (Lipinski definition) is 1. The van der Waals surface area contributed by atoms with Gasteiger partial charge in [-0.1, -0.05) is 30.3 Å². The van der Waals surface area contributed by atoms with Crippen LogP contribution in [0.5, 0.6) is 5.75 Å². The molecular formula is C19H20N4O. The van der Waals surface area contributed by atoms with Gasteiger partial charge in [0.15, 0.2) is 0 Å². The van der Waals surface area contributed by atoms with Crippen LogP contribution in [-0.2, 0) is 0 Å². The van der Waals surface area contributed by atoms with E-state index in [1.54, 1.807) is 7.11 Å². The summed E-state index contributed by atoms with van der Waals surface area (Å²) in [5.41, 5.74) is 2.79. The summed E-state index contributed by atoms with van der Waals surface area (Å²) in [5, 5.41) is 3.24. The van der Waals surface area contributed by atoms with E-state index in [4.69, 9.17) is 4.74 Å². The molecule has 5 nitrogen and oxygen atoms in total. The van der Waals surface area contributed by atoms with Gasteiger partial charge in [-0.2, -0.15) is 4.98 Å². The first kappa shape index (κ1) is 15.8. The lowest BCUT2D eigenvalue weighted by atomic mass is 10.3. The number of ether oxygens (including phenoxy) is 1. The summed E-state index contributed by atoms with van der Waals surface area (Å²) >= 11 is 0. The summed E-state index contributed by atoms with van der Waals surface area (Å²) in [4.78, 5) is 11.1. The van der Waals surface area contributed by atoms with Crippen LogP contribution >= 0.6 is 0 Å². The maximum absolute atomic E-state index is 5.37. The monoisotopic (exact) mass is 320 g/mol. The number of para-hydroxylation sites is 3. The minimum absolute atomic E-state index is 0.539. The first-order chi connectivity index (χ1) is 11.7. The highest BCUT2D eigenvalue weighted by Crippen LogP contribution is 2.27. The first-order valence-electron chi connectivity index (χ1n) is 7.72. The van der Waals surface area contributed by atoms with Gasteiger partial charge in [-0.25, -0.2) is 4.98 Å². The van der Waals surface area contributed by atoms with Crippen LogP contribution in [0.4, 0.5) is 23.1 Å². The number of nitrogens with zero attached hydrogens (tertiary/aromatic N) is 3. The van der Waals surface area contributed by atoms with Crippen molar-refractivity contribution in [2.75, 3.05) is 24.4 Å². The van der Waals surface area contributed by atoms with Gasteiger partial charge >= 0.3 is 0 Å². The fourth-order valence-corrected chi connectivity index (χ4v) is 2.43. The Morgan fingerprint density at radius 1 is 0.958 bits per heavy atom. The van der Waals surface area contributed by atoms with E-state index in [2.05, 4.69) is 15.3 Å². The maximum Gasteiger partial charge on any atom is 0.229 e. The van der Waals surface area contributed by atoms with E-state index < -0.39 is 0 Å². The highest BCUT2D eigenvalue weighted by atomic mass is 16.5. The lowest BCUT2D eigenvalue weighted by Crippen LogP contribution is -2.13. The smallest absolute Gasteiger partial charge is 0.229 e. The quantitative estimate of drug-likeness (QED) is 0.759. The molecule has 0 aliphatic rings. The molecular weight excluding hydrogens is 300 g/mol. The molecule has 0 aliphatic carbocycles. The molecule has 0 atom stereocenters. The van der Waals surface area contributed by atoms with E-state index in [0.717, 1.165) is 28.6 Å². The molecule has 0 spiro atoms. The van der Waals surface area contributed by atoms with Crippen molar-refractivity contribution in [3.8, 4) is 5.75 Å². The van der Waals surface area contributed by atoms with Crippen LogP contribution in [0.1, 0.15) is 5.69 Å². The summed E-state index contributed by atoms with van der Waals surface area (Å²) in [5.74, 6) is 2.11. The van der Waals surface area contributed by atoms with Crippen LogP contribution < -0.4 is 15.0 Å². The van der Waals surface area contributed by atoms with Crippen molar-refractivity contribution in [3.63, 3.8) is 0 Å². The van der Waals surface area contributed by atoms with E-state index in [0.29, 0.717) is 5.95 Å². The third-order valence-corrected chi connectivity index (χ3v) is 3.68. The van der Waals surface area contributed by atoms with Crippen LogP contribution in [-0.4, -0.2) is 24.1 Å². The minimum Gasteiger partial charge on any atom is -0.495 e. The van der Waals surface area contributed by atoms with Crippen molar-refractivity contribution in [3.05, 3.63) is 66.4 Å². The average molecular weight is 320 g/mol. The molecule has 122 valence electrons. The molecule has 2 aromatic carbocycles. The molecule has 0 bridgehead atoms. The lowest BCUT2D eigenvalue weighted by molar-refractivity contribution is 0.417. The largest absolute Gasteiger partial charge is 0.495 e. The van der Waals surface area contributed by atoms with E-state index in [1.807, 2.05) is 79.5 Å². The summed E-state index contributed by atoms with van der Waals surface area (Å²) in [6.07, 6.45) is 0. The zero-order chi connectivity index (χ0) is 16.9. The number of aryl methyl sites for hydroxylation is 1. The number of rotatable bonds is 5. The number of anilines is 4. The molecule has 24 heavy (non-hydrogen) atoms. The first-order valence-corrected chi connectivity index (χ1v) is 7.72. The van der Waals surface area contributed by atoms with Gasteiger partial charge in [0.2, 0.25) is 5.95 Å². The molecule has 0 fully saturated rings. The highest BCUT2D eigenvalue weighted by Gasteiger charge is 2.10. The SMILES string of the molecule is COc1ccccc1Nc1nc(C)cc(N(C)c2ccccc2)n1. The molecule has 0 radical (unpaired) electrons. The van der Waals surface area contributed by atoms with Crippen molar-refractivity contribution < 1.29 is 4.74 Å². The summed E-state index contributed by atoms with van der Waals surface area (Å²) in [6.45, 7) is 1.96. The topological polar surface area (TPSA) is 50.3 Å². The Hall–Kier alpha value is -3.08. The Kier molecular flexibility index (Phi) is 4.61. The third-order valence-electron chi connectivity index (χ3n) is 3.68. The van der Waals surface area contributed by atoms with Crippen LogP contribution in [0.15, 0.2) is 60.7 Å². The summed E-state index contributed by atoms with van der Waals surface area (Å²) in [6, 6.07) is 19.8. The molecule has 3 aromatic rings. The second-order valence-corrected chi connectivity index (χ2v) is 5.41. The Labute approximate surface area is 142 Å². The Morgan fingerprint density at radius 3 is 2.42 bits per heavy atom. The Morgan fingerprint density at radius 2 is 1.67 bits per heavy atom. The van der Waals surface area contributed by atoms with Gasteiger partial charge in [0.05, 0.1) is 12.8 Å². The molecule has 0 aliphatic heterocycles. The normalized spacial score (nSPS) is 10.3. The van der Waals surface area contributed by atoms with Crippen molar-refractivity contribution >= 4 is 23.1 Å². The van der Waals surface area contributed by atoms with Crippen LogP contribution in [0, 0.1) is 6.92 Å². The number of hydrogen-bond acceptors (Lipinski definition) is 5. The molecule has 1 N–H and O–H groups in total. The summed E-state index contributed by atoms with van der Waals surface area (Å²) in [7, 11) is 3.64. The number of aromatic nitrogens is 2. The fourth-order valence-electron chi connectivity index (χ4n) is 2.43. The maximum atomic E-state index is 5.37. The average Bonchev–Trinajstić information content (AvgIpc) is 2.62. The van der Waals surface area contributed by atoms with Gasteiger partial charge < -0.3 is 15.0 Å². The Balaban J connectivity index is 1.92. The lowest BCUT2D eigenvalue weighted by Gasteiger charge is -2.19. The van der Waals surface area contributed by atoms with E-state index in [-0.39, 0.29) is 0 Å². The van der Waals surface area contributed by atoms with E-state index in [1.165, 1.54) is 0 Å². The van der Waals surface area contributed by atoms with Crippen LogP contribution in [0.2, 0.25) is 0 Å². The van der Waals surface area contributed by atoms with Gasteiger partial charge in [-0.3, -0.25) is 0 Å². The predicted octanol–water partition coefficient (Wildman–Crippen LogP) is 4.31. The fraction of sp³-hybridized carbons (Fsp3) is 0.158. The van der Waals surface area contributed by atoms with Gasteiger partial charge in [0, 0.05) is 24.5 Å². The second kappa shape index (κ2) is 7.00. The predicted molar refractivity (Wildman–Crippen MR) is 97.6 cm³/mol. The summed E-state index contributed by atoms with van der Waals surface area (Å²) < 4.78 is 5.37. The number of nitrogens with one attached hydrogen (secondary N) is 1. The zero-order valence-electron chi connectivity index (χ0n) is 14.0. The molecule has 3 rings (SSSR count). The van der Waals surface area contributed by atoms with Crippen molar-refractivity contribution in [2.45, 2.75) is 6.92 Å². The van der Waals surface area contributed by atoms with Gasteiger partial charge in [-0.05, 0) is 31.2 Å². The zero-order valence-corrected chi connectivity index (χ0v) is 14.0. The third kappa shape index (κ3) is 3.46. The second-order valence-electron chi connectivity index (χ2n) is 5.41. The molecule has 1 heterocycles. The van der Waals surface area contributed by atoms with E-state index >= 15 is 0 Å².